The van der Waals surface area contributed by atoms with Gasteiger partial charge in [-0.3, -0.25) is 14.8 Å². The molecular formula is C23H30N4O. The second-order valence-corrected chi connectivity index (χ2v) is 8.86. The molecule has 4 rings (SSSR count). The lowest BCUT2D eigenvalue weighted by atomic mass is 9.91. The number of hydrogen-bond donors (Lipinski definition) is 0. The minimum absolute atomic E-state index is 0.111. The Balaban J connectivity index is 1.44. The molecule has 0 saturated carbocycles. The zero-order valence-electron chi connectivity index (χ0n) is 17.4. The van der Waals surface area contributed by atoms with E-state index in [9.17, 15) is 4.79 Å². The third-order valence-electron chi connectivity index (χ3n) is 6.06. The Hall–Kier alpha value is -2.40. The first kappa shape index (κ1) is 18.9. The highest BCUT2D eigenvalue weighted by molar-refractivity contribution is 5.95. The van der Waals surface area contributed by atoms with Gasteiger partial charge in [-0.25, -0.2) is 4.79 Å². The van der Waals surface area contributed by atoms with E-state index < -0.39 is 0 Å². The Morgan fingerprint density at radius 1 is 1.21 bits per heavy atom. The van der Waals surface area contributed by atoms with Crippen molar-refractivity contribution in [1.29, 1.82) is 0 Å². The fourth-order valence-electron chi connectivity index (χ4n) is 4.44. The average molecular weight is 379 g/mol. The van der Waals surface area contributed by atoms with Gasteiger partial charge in [0.05, 0.1) is 11.4 Å². The van der Waals surface area contributed by atoms with E-state index >= 15 is 0 Å². The van der Waals surface area contributed by atoms with E-state index in [-0.39, 0.29) is 11.4 Å². The lowest BCUT2D eigenvalue weighted by molar-refractivity contribution is 0.202. The van der Waals surface area contributed by atoms with Crippen LogP contribution < -0.4 is 4.90 Å². The molecule has 1 saturated heterocycles. The van der Waals surface area contributed by atoms with Crippen molar-refractivity contribution in [3.8, 4) is 0 Å². The zero-order valence-corrected chi connectivity index (χ0v) is 17.4. The normalized spacial score (nSPS) is 20.7. The summed E-state index contributed by atoms with van der Waals surface area (Å²) in [5, 5.41) is 0. The smallest absolute Gasteiger partial charge is 0.323 e. The van der Waals surface area contributed by atoms with Gasteiger partial charge in [-0.2, -0.15) is 0 Å². The highest BCUT2D eigenvalue weighted by atomic mass is 16.2. The number of hydrogen-bond acceptors (Lipinski definition) is 3. The number of carbonyl (C=O) groups excluding carboxylic acids is 1. The number of urea groups is 1. The number of amides is 2. The molecule has 2 aliphatic heterocycles. The Morgan fingerprint density at radius 3 is 2.71 bits per heavy atom. The summed E-state index contributed by atoms with van der Waals surface area (Å²) < 4.78 is 0. The van der Waals surface area contributed by atoms with Crippen molar-refractivity contribution in [3.05, 3.63) is 59.4 Å². The van der Waals surface area contributed by atoms with Crippen molar-refractivity contribution in [2.45, 2.75) is 45.2 Å². The number of aromatic nitrogens is 1. The molecule has 1 aromatic heterocycles. The molecule has 0 radical (unpaired) electrons. The molecule has 0 N–H and O–H groups in total. The van der Waals surface area contributed by atoms with Crippen molar-refractivity contribution in [1.82, 2.24) is 14.8 Å². The molecule has 2 aliphatic rings. The molecule has 3 heterocycles. The number of likely N-dealkylation sites (tertiary alicyclic amines) is 1. The van der Waals surface area contributed by atoms with Gasteiger partial charge in [0, 0.05) is 43.3 Å². The van der Waals surface area contributed by atoms with Crippen LogP contribution in [0.5, 0.6) is 0 Å². The Kier molecular flexibility index (Phi) is 4.88. The molecule has 1 atom stereocenters. The van der Waals surface area contributed by atoms with Crippen molar-refractivity contribution in [2.75, 3.05) is 31.6 Å². The molecule has 5 nitrogen and oxygen atoms in total. The van der Waals surface area contributed by atoms with Gasteiger partial charge in [-0.15, -0.1) is 0 Å². The van der Waals surface area contributed by atoms with Gasteiger partial charge in [0.15, 0.2) is 0 Å². The maximum Gasteiger partial charge on any atom is 0.324 e. The standard InChI is InChI=1S/C23H30N4O/c1-17-10-11-20-21(24-17)23(2,3)16-27(20)22(28)26-13-12-19(15-26)25(4)14-18-8-6-5-7-9-18/h5-11,19H,12-16H2,1-4H3/t19-/m0/s1. The molecule has 148 valence electrons. The van der Waals surface area contributed by atoms with Crippen molar-refractivity contribution < 1.29 is 4.79 Å². The maximum absolute atomic E-state index is 13.3. The van der Waals surface area contributed by atoms with Gasteiger partial charge in [-0.05, 0) is 38.1 Å². The van der Waals surface area contributed by atoms with Crippen LogP contribution in [0.15, 0.2) is 42.5 Å². The van der Waals surface area contributed by atoms with Crippen LogP contribution in [0.1, 0.15) is 37.2 Å². The molecule has 28 heavy (non-hydrogen) atoms. The number of anilines is 1. The molecule has 0 unspecified atom stereocenters. The summed E-state index contributed by atoms with van der Waals surface area (Å²) in [4.78, 5) is 24.4. The fourth-order valence-corrected chi connectivity index (χ4v) is 4.44. The third kappa shape index (κ3) is 3.51. The summed E-state index contributed by atoms with van der Waals surface area (Å²) in [7, 11) is 2.16. The summed E-state index contributed by atoms with van der Waals surface area (Å²) in [6.07, 6.45) is 1.02. The zero-order chi connectivity index (χ0) is 19.9. The SMILES string of the molecule is Cc1ccc2c(n1)C(C)(C)CN2C(=O)N1CC[C@H](N(C)Cc2ccccc2)C1. The van der Waals surface area contributed by atoms with Crippen LogP contribution >= 0.6 is 0 Å². The van der Waals surface area contributed by atoms with Crippen LogP contribution in [0.4, 0.5) is 10.5 Å². The number of benzene rings is 1. The molecule has 5 heteroatoms. The van der Waals surface area contributed by atoms with E-state index in [1.54, 1.807) is 0 Å². The quantitative estimate of drug-likeness (QED) is 0.815. The van der Waals surface area contributed by atoms with Crippen LogP contribution in [0.2, 0.25) is 0 Å². The minimum atomic E-state index is -0.111. The number of fused-ring (bicyclic) bond motifs is 1. The summed E-state index contributed by atoms with van der Waals surface area (Å²) in [6.45, 7) is 9.56. The lowest BCUT2D eigenvalue weighted by Crippen LogP contribution is -2.44. The molecular weight excluding hydrogens is 348 g/mol. The predicted molar refractivity (Wildman–Crippen MR) is 113 cm³/mol. The first-order valence-electron chi connectivity index (χ1n) is 10.1. The molecule has 2 amide bonds. The molecule has 2 aromatic rings. The molecule has 1 fully saturated rings. The Labute approximate surface area is 168 Å². The number of aryl methyl sites for hydroxylation is 1. The highest BCUT2D eigenvalue weighted by Gasteiger charge is 2.42. The second kappa shape index (κ2) is 7.21. The van der Waals surface area contributed by atoms with Crippen LogP contribution in [-0.4, -0.2) is 53.5 Å². The first-order valence-corrected chi connectivity index (χ1v) is 10.1. The summed E-state index contributed by atoms with van der Waals surface area (Å²) in [5.74, 6) is 0. The van der Waals surface area contributed by atoms with Gasteiger partial charge in [0.1, 0.15) is 0 Å². The molecule has 0 spiro atoms. The van der Waals surface area contributed by atoms with E-state index in [1.807, 2.05) is 28.9 Å². The van der Waals surface area contributed by atoms with Crippen LogP contribution in [0, 0.1) is 6.92 Å². The minimum Gasteiger partial charge on any atom is -0.323 e. The number of pyridine rings is 1. The predicted octanol–water partition coefficient (Wildman–Crippen LogP) is 3.81. The molecule has 0 bridgehead atoms. The van der Waals surface area contributed by atoms with E-state index in [2.05, 4.69) is 56.1 Å². The van der Waals surface area contributed by atoms with E-state index in [0.717, 1.165) is 43.1 Å². The van der Waals surface area contributed by atoms with E-state index in [4.69, 9.17) is 4.98 Å². The van der Waals surface area contributed by atoms with Crippen molar-refractivity contribution >= 4 is 11.7 Å². The van der Waals surface area contributed by atoms with Crippen LogP contribution in [0.3, 0.4) is 0 Å². The van der Waals surface area contributed by atoms with Gasteiger partial charge in [-0.1, -0.05) is 44.2 Å². The van der Waals surface area contributed by atoms with Gasteiger partial charge < -0.3 is 4.90 Å². The molecule has 1 aromatic carbocycles. The van der Waals surface area contributed by atoms with Crippen molar-refractivity contribution in [3.63, 3.8) is 0 Å². The average Bonchev–Trinajstić information content (AvgIpc) is 3.26. The van der Waals surface area contributed by atoms with E-state index in [0.29, 0.717) is 12.6 Å². The van der Waals surface area contributed by atoms with E-state index in [1.165, 1.54) is 5.56 Å². The van der Waals surface area contributed by atoms with Crippen LogP contribution in [-0.2, 0) is 12.0 Å². The number of likely N-dealkylation sites (N-methyl/N-ethyl adjacent to an activating group) is 1. The van der Waals surface area contributed by atoms with Gasteiger partial charge in [0.2, 0.25) is 0 Å². The van der Waals surface area contributed by atoms with Gasteiger partial charge in [0.25, 0.3) is 0 Å². The number of rotatable bonds is 3. The molecule has 0 aliphatic carbocycles. The first-order chi connectivity index (χ1) is 13.3. The number of carbonyl (C=O) groups is 1. The highest BCUT2D eigenvalue weighted by Crippen LogP contribution is 2.40. The Bertz CT molecular complexity index is 864. The fraction of sp³-hybridized carbons (Fsp3) is 0.478. The maximum atomic E-state index is 13.3. The summed E-state index contributed by atoms with van der Waals surface area (Å²) in [5.41, 5.74) is 4.22. The Morgan fingerprint density at radius 2 is 1.96 bits per heavy atom. The largest absolute Gasteiger partial charge is 0.324 e. The summed E-state index contributed by atoms with van der Waals surface area (Å²) in [6, 6.07) is 15.1. The number of nitrogens with zero attached hydrogens (tertiary/aromatic N) is 4. The van der Waals surface area contributed by atoms with Gasteiger partial charge >= 0.3 is 6.03 Å². The topological polar surface area (TPSA) is 39.7 Å². The van der Waals surface area contributed by atoms with Crippen LogP contribution in [0.25, 0.3) is 0 Å². The summed E-state index contributed by atoms with van der Waals surface area (Å²) >= 11 is 0. The monoisotopic (exact) mass is 378 g/mol. The third-order valence-corrected chi connectivity index (χ3v) is 6.06. The lowest BCUT2D eigenvalue weighted by Gasteiger charge is -2.28. The van der Waals surface area contributed by atoms with Crippen molar-refractivity contribution in [2.24, 2.45) is 0 Å². The second-order valence-electron chi connectivity index (χ2n) is 8.86.